The van der Waals surface area contributed by atoms with Crippen LogP contribution in [0.15, 0.2) is 17.6 Å². The summed E-state index contributed by atoms with van der Waals surface area (Å²) < 4.78 is 13.6. The zero-order valence-electron chi connectivity index (χ0n) is 17.3. The number of hydrogen-bond donors (Lipinski definition) is 0. The van der Waals surface area contributed by atoms with Gasteiger partial charge in [0.15, 0.2) is 0 Å². The average molecular weight is 418 g/mol. The van der Waals surface area contributed by atoms with Crippen LogP contribution in [0.25, 0.3) is 21.3 Å². The van der Waals surface area contributed by atoms with Gasteiger partial charge in [0.2, 0.25) is 0 Å². The fourth-order valence-electron chi connectivity index (χ4n) is 3.13. The van der Waals surface area contributed by atoms with Gasteiger partial charge in [0.1, 0.15) is 6.73 Å². The second kappa shape index (κ2) is 8.14. The molecular formula is C20H27N3O3SSi. The largest absolute Gasteiger partial charge is 0.465 e. The lowest BCUT2D eigenvalue weighted by Gasteiger charge is -2.15. The summed E-state index contributed by atoms with van der Waals surface area (Å²) in [6.45, 7) is 12.2. The fourth-order valence-corrected chi connectivity index (χ4v) is 4.63. The van der Waals surface area contributed by atoms with E-state index in [4.69, 9.17) is 9.47 Å². The van der Waals surface area contributed by atoms with Crippen molar-refractivity contribution in [1.82, 2.24) is 14.8 Å². The number of aryl methyl sites for hydroxylation is 1. The molecule has 28 heavy (non-hydrogen) atoms. The number of thiazole rings is 1. The third kappa shape index (κ3) is 4.34. The van der Waals surface area contributed by atoms with Crippen LogP contribution < -0.4 is 0 Å². The second-order valence-electron chi connectivity index (χ2n) is 8.11. The van der Waals surface area contributed by atoms with Gasteiger partial charge in [-0.05, 0) is 32.0 Å². The number of esters is 1. The molecule has 0 saturated heterocycles. The quantitative estimate of drug-likeness (QED) is 0.311. The summed E-state index contributed by atoms with van der Waals surface area (Å²) in [6, 6.07) is 4.80. The number of ether oxygens (including phenoxy) is 2. The van der Waals surface area contributed by atoms with Crippen LogP contribution in [0.5, 0.6) is 0 Å². The number of nitrogens with zero attached hydrogens (tertiary/aromatic N) is 3. The van der Waals surface area contributed by atoms with Gasteiger partial charge in [-0.25, -0.2) is 14.5 Å². The molecule has 6 nitrogen and oxygen atoms in total. The number of carbonyl (C=O) groups is 1. The predicted octanol–water partition coefficient (Wildman–Crippen LogP) is 4.88. The van der Waals surface area contributed by atoms with Gasteiger partial charge in [0.05, 0.1) is 34.1 Å². The molecule has 1 aromatic carbocycles. The van der Waals surface area contributed by atoms with Gasteiger partial charge in [0, 0.05) is 31.5 Å². The highest BCUT2D eigenvalue weighted by Crippen LogP contribution is 2.35. The van der Waals surface area contributed by atoms with E-state index in [9.17, 15) is 4.79 Å². The summed E-state index contributed by atoms with van der Waals surface area (Å²) >= 11 is 1.51. The lowest BCUT2D eigenvalue weighted by Crippen LogP contribution is -2.22. The Balaban J connectivity index is 1.95. The first-order valence-electron chi connectivity index (χ1n) is 9.29. The summed E-state index contributed by atoms with van der Waals surface area (Å²) in [5, 5.41) is 4.67. The highest BCUT2D eigenvalue weighted by Gasteiger charge is 2.20. The first-order valence-corrected chi connectivity index (χ1v) is 13.9. The molecule has 0 N–H and O–H groups in total. The van der Waals surface area contributed by atoms with Gasteiger partial charge >= 0.3 is 5.97 Å². The van der Waals surface area contributed by atoms with Crippen molar-refractivity contribution in [3.05, 3.63) is 34.6 Å². The van der Waals surface area contributed by atoms with Crippen LogP contribution in [0, 0.1) is 13.8 Å². The summed E-state index contributed by atoms with van der Waals surface area (Å²) in [4.78, 5) is 16.6. The van der Waals surface area contributed by atoms with Crippen molar-refractivity contribution in [2.75, 3.05) is 13.7 Å². The fraction of sp³-hybridized carbons (Fsp3) is 0.450. The number of hydrogen-bond acceptors (Lipinski definition) is 6. The first kappa shape index (κ1) is 20.7. The molecule has 0 aliphatic rings. The zero-order valence-corrected chi connectivity index (χ0v) is 19.1. The van der Waals surface area contributed by atoms with Crippen LogP contribution in [0.1, 0.15) is 21.7 Å². The second-order valence-corrected chi connectivity index (χ2v) is 14.6. The molecule has 0 radical (unpaired) electrons. The van der Waals surface area contributed by atoms with E-state index < -0.39 is 8.07 Å². The normalized spacial score (nSPS) is 11.9. The number of fused-ring (bicyclic) bond motifs is 1. The molecule has 2 heterocycles. The third-order valence-corrected chi connectivity index (χ3v) is 7.20. The molecule has 0 unspecified atom stereocenters. The topological polar surface area (TPSA) is 66.2 Å². The van der Waals surface area contributed by atoms with E-state index in [1.165, 1.54) is 18.4 Å². The van der Waals surface area contributed by atoms with Crippen molar-refractivity contribution < 1.29 is 14.3 Å². The van der Waals surface area contributed by atoms with Crippen molar-refractivity contribution >= 4 is 35.6 Å². The maximum Gasteiger partial charge on any atom is 0.337 e. The minimum absolute atomic E-state index is 0.353. The van der Waals surface area contributed by atoms with E-state index in [0.29, 0.717) is 12.3 Å². The Morgan fingerprint density at radius 1 is 1.25 bits per heavy atom. The van der Waals surface area contributed by atoms with Crippen LogP contribution in [0.2, 0.25) is 25.7 Å². The summed E-state index contributed by atoms with van der Waals surface area (Å²) in [7, 11) is 0.278. The van der Waals surface area contributed by atoms with Gasteiger partial charge in [-0.2, -0.15) is 5.10 Å². The Morgan fingerprint density at radius 2 is 2.00 bits per heavy atom. The number of methoxy groups -OCH3 is 1. The molecule has 0 bridgehead atoms. The van der Waals surface area contributed by atoms with Gasteiger partial charge in [0.25, 0.3) is 0 Å². The molecule has 2 aromatic heterocycles. The van der Waals surface area contributed by atoms with E-state index in [1.807, 2.05) is 30.7 Å². The molecule has 0 atom stereocenters. The van der Waals surface area contributed by atoms with E-state index in [-0.39, 0.29) is 5.97 Å². The number of carbonyl (C=O) groups excluding carboxylic acids is 1. The standard InChI is InChI=1S/C20H27N3O3SSi/c1-13-18(14(2)23(22-13)12-26-7-8-28(4,5)6)16-9-15(20(24)25-3)10-17-19(16)21-11-27-17/h9-11H,7-8,12H2,1-6H3. The van der Waals surface area contributed by atoms with E-state index in [1.54, 1.807) is 5.51 Å². The number of aromatic nitrogens is 3. The number of benzene rings is 1. The Kier molecular flexibility index (Phi) is 6.02. The van der Waals surface area contributed by atoms with Gasteiger partial charge < -0.3 is 9.47 Å². The van der Waals surface area contributed by atoms with E-state index in [0.717, 1.165) is 45.4 Å². The monoisotopic (exact) mass is 417 g/mol. The van der Waals surface area contributed by atoms with Crippen molar-refractivity contribution in [3.8, 4) is 11.1 Å². The van der Waals surface area contributed by atoms with Crippen LogP contribution in [-0.4, -0.2) is 42.5 Å². The van der Waals surface area contributed by atoms with Gasteiger partial charge in [-0.1, -0.05) is 19.6 Å². The molecule has 0 saturated carbocycles. The van der Waals surface area contributed by atoms with Crippen molar-refractivity contribution in [2.24, 2.45) is 0 Å². The van der Waals surface area contributed by atoms with Crippen LogP contribution in [0.4, 0.5) is 0 Å². The van der Waals surface area contributed by atoms with Crippen LogP contribution in [-0.2, 0) is 16.2 Å². The summed E-state index contributed by atoms with van der Waals surface area (Å²) in [6.07, 6.45) is 0. The molecule has 150 valence electrons. The lowest BCUT2D eigenvalue weighted by molar-refractivity contribution is 0.0601. The Morgan fingerprint density at radius 3 is 2.68 bits per heavy atom. The molecular weight excluding hydrogens is 390 g/mol. The number of rotatable bonds is 7. The highest BCUT2D eigenvalue weighted by molar-refractivity contribution is 7.16. The zero-order chi connectivity index (χ0) is 20.5. The summed E-state index contributed by atoms with van der Waals surface area (Å²) in [5.74, 6) is -0.353. The molecule has 3 aromatic rings. The summed E-state index contributed by atoms with van der Waals surface area (Å²) in [5.41, 5.74) is 6.99. The van der Waals surface area contributed by atoms with E-state index >= 15 is 0 Å². The molecule has 0 aliphatic heterocycles. The predicted molar refractivity (Wildman–Crippen MR) is 116 cm³/mol. The maximum atomic E-state index is 12.1. The molecule has 3 rings (SSSR count). The Bertz CT molecular complexity index is 1000. The van der Waals surface area contributed by atoms with Gasteiger partial charge in [-0.15, -0.1) is 11.3 Å². The smallest absolute Gasteiger partial charge is 0.337 e. The minimum Gasteiger partial charge on any atom is -0.465 e. The minimum atomic E-state index is -1.12. The van der Waals surface area contributed by atoms with Crippen molar-refractivity contribution in [3.63, 3.8) is 0 Å². The first-order chi connectivity index (χ1) is 13.2. The Labute approximate surface area is 170 Å². The van der Waals surface area contributed by atoms with Gasteiger partial charge in [-0.3, -0.25) is 0 Å². The molecule has 8 heteroatoms. The van der Waals surface area contributed by atoms with E-state index in [2.05, 4.69) is 29.7 Å². The lowest BCUT2D eigenvalue weighted by atomic mass is 10.00. The average Bonchev–Trinajstić information content (AvgIpc) is 3.21. The highest BCUT2D eigenvalue weighted by atomic mass is 32.1. The third-order valence-electron chi connectivity index (χ3n) is 4.72. The molecule has 0 spiro atoms. The maximum absolute atomic E-state index is 12.1. The van der Waals surface area contributed by atoms with Crippen LogP contribution in [0.3, 0.4) is 0 Å². The SMILES string of the molecule is COC(=O)c1cc(-c2c(C)nn(COCC[Si](C)(C)C)c2C)c2ncsc2c1. The van der Waals surface area contributed by atoms with Crippen LogP contribution >= 0.6 is 11.3 Å². The molecule has 0 aliphatic carbocycles. The van der Waals surface area contributed by atoms with Crippen molar-refractivity contribution in [2.45, 2.75) is 46.3 Å². The molecule has 0 amide bonds. The molecule has 0 fully saturated rings. The Hall–Kier alpha value is -2.03. The van der Waals surface area contributed by atoms with Crippen molar-refractivity contribution in [1.29, 1.82) is 0 Å².